The number of hydrogen-bond acceptors (Lipinski definition) is 1. The van der Waals surface area contributed by atoms with E-state index in [1.54, 1.807) is 6.20 Å². The van der Waals surface area contributed by atoms with Crippen LogP contribution in [-0.2, 0) is 0 Å². The largest absolute Gasteiger partial charge is 0.241 e. The van der Waals surface area contributed by atoms with Gasteiger partial charge in [0.15, 0.2) is 0 Å². The van der Waals surface area contributed by atoms with Crippen molar-refractivity contribution in [1.82, 2.24) is 9.78 Å². The minimum absolute atomic E-state index is 0.263. The lowest BCUT2D eigenvalue weighted by atomic mass is 10.0. The molecule has 0 aliphatic heterocycles. The standard InChI is InChI=1S/C17H14Cl2N2/c1-12-15(8-5-9-16(12)18)17(19)13-10-20-21(11-13)14-6-3-2-4-7-14/h2-11,17H,1H3. The molecule has 1 heterocycles. The van der Waals surface area contributed by atoms with Crippen molar-refractivity contribution < 1.29 is 0 Å². The number of aromatic nitrogens is 2. The summed E-state index contributed by atoms with van der Waals surface area (Å²) in [7, 11) is 0. The molecule has 2 aromatic carbocycles. The van der Waals surface area contributed by atoms with Gasteiger partial charge in [0.25, 0.3) is 0 Å². The fraction of sp³-hybridized carbons (Fsp3) is 0.118. The van der Waals surface area contributed by atoms with E-state index in [0.717, 1.165) is 27.4 Å². The Balaban J connectivity index is 1.95. The number of nitrogens with zero attached hydrogens (tertiary/aromatic N) is 2. The highest BCUT2D eigenvalue weighted by molar-refractivity contribution is 6.31. The van der Waals surface area contributed by atoms with E-state index in [4.69, 9.17) is 23.2 Å². The van der Waals surface area contributed by atoms with Crippen molar-refractivity contribution in [3.63, 3.8) is 0 Å². The first-order valence-electron chi connectivity index (χ1n) is 6.66. The van der Waals surface area contributed by atoms with E-state index in [2.05, 4.69) is 5.10 Å². The maximum atomic E-state index is 6.60. The van der Waals surface area contributed by atoms with Crippen LogP contribution in [0.25, 0.3) is 5.69 Å². The lowest BCUT2D eigenvalue weighted by Gasteiger charge is -2.12. The zero-order valence-electron chi connectivity index (χ0n) is 11.5. The van der Waals surface area contributed by atoms with Crippen molar-refractivity contribution in [3.8, 4) is 5.69 Å². The van der Waals surface area contributed by atoms with Crippen LogP contribution in [0.1, 0.15) is 22.1 Å². The molecule has 0 aliphatic carbocycles. The molecular weight excluding hydrogens is 303 g/mol. The third-order valence-electron chi connectivity index (χ3n) is 3.50. The minimum Gasteiger partial charge on any atom is -0.241 e. The van der Waals surface area contributed by atoms with Gasteiger partial charge in [-0.2, -0.15) is 5.10 Å². The third kappa shape index (κ3) is 2.82. The Morgan fingerprint density at radius 2 is 1.81 bits per heavy atom. The SMILES string of the molecule is Cc1c(Cl)cccc1C(Cl)c1cnn(-c2ccccc2)c1. The molecule has 0 N–H and O–H groups in total. The summed E-state index contributed by atoms with van der Waals surface area (Å²) in [5.74, 6) is 0. The van der Waals surface area contributed by atoms with Crippen LogP contribution < -0.4 is 0 Å². The van der Waals surface area contributed by atoms with Crippen LogP contribution in [0.2, 0.25) is 5.02 Å². The van der Waals surface area contributed by atoms with Gasteiger partial charge >= 0.3 is 0 Å². The molecule has 0 radical (unpaired) electrons. The molecular formula is C17H14Cl2N2. The molecule has 3 rings (SSSR count). The lowest BCUT2D eigenvalue weighted by molar-refractivity contribution is 0.880. The molecule has 2 nitrogen and oxygen atoms in total. The highest BCUT2D eigenvalue weighted by Crippen LogP contribution is 2.33. The fourth-order valence-electron chi connectivity index (χ4n) is 2.27. The Hall–Kier alpha value is -1.77. The van der Waals surface area contributed by atoms with Crippen LogP contribution in [-0.4, -0.2) is 9.78 Å². The molecule has 106 valence electrons. The van der Waals surface area contributed by atoms with Gasteiger partial charge in [-0.15, -0.1) is 11.6 Å². The van der Waals surface area contributed by atoms with Gasteiger partial charge in [0.05, 0.1) is 17.3 Å². The van der Waals surface area contributed by atoms with Crippen LogP contribution in [0.5, 0.6) is 0 Å². The summed E-state index contributed by atoms with van der Waals surface area (Å²) in [6, 6.07) is 15.7. The van der Waals surface area contributed by atoms with E-state index in [9.17, 15) is 0 Å². The molecule has 1 atom stereocenters. The number of halogens is 2. The van der Waals surface area contributed by atoms with Crippen molar-refractivity contribution in [3.05, 3.63) is 82.6 Å². The summed E-state index contributed by atoms with van der Waals surface area (Å²) < 4.78 is 1.82. The molecule has 0 fully saturated rings. The van der Waals surface area contributed by atoms with E-state index in [-0.39, 0.29) is 5.38 Å². The van der Waals surface area contributed by atoms with Crippen molar-refractivity contribution in [2.75, 3.05) is 0 Å². The van der Waals surface area contributed by atoms with Crippen LogP contribution in [0, 0.1) is 6.92 Å². The van der Waals surface area contributed by atoms with E-state index in [1.165, 1.54) is 0 Å². The number of rotatable bonds is 3. The van der Waals surface area contributed by atoms with Crippen LogP contribution in [0.15, 0.2) is 60.9 Å². The van der Waals surface area contributed by atoms with Gasteiger partial charge in [0, 0.05) is 16.8 Å². The Labute approximate surface area is 133 Å². The van der Waals surface area contributed by atoms with Crippen molar-refractivity contribution in [2.45, 2.75) is 12.3 Å². The highest BCUT2D eigenvalue weighted by atomic mass is 35.5. The second kappa shape index (κ2) is 5.92. The Kier molecular flexibility index (Phi) is 4.00. The van der Waals surface area contributed by atoms with E-state index >= 15 is 0 Å². The zero-order valence-corrected chi connectivity index (χ0v) is 13.0. The monoisotopic (exact) mass is 316 g/mol. The summed E-state index contributed by atoms with van der Waals surface area (Å²) in [4.78, 5) is 0. The van der Waals surface area contributed by atoms with Crippen LogP contribution >= 0.6 is 23.2 Å². The summed E-state index contributed by atoms with van der Waals surface area (Å²) >= 11 is 12.8. The van der Waals surface area contributed by atoms with Gasteiger partial charge in [-0.05, 0) is 36.2 Å². The first-order valence-corrected chi connectivity index (χ1v) is 7.47. The molecule has 0 saturated heterocycles. The smallest absolute Gasteiger partial charge is 0.0869 e. The normalized spacial score (nSPS) is 12.3. The first-order chi connectivity index (χ1) is 10.2. The molecule has 1 aromatic heterocycles. The minimum atomic E-state index is -0.263. The van der Waals surface area contributed by atoms with Gasteiger partial charge in [-0.1, -0.05) is 41.9 Å². The molecule has 4 heteroatoms. The van der Waals surface area contributed by atoms with Gasteiger partial charge in [0.1, 0.15) is 0 Å². The average molecular weight is 317 g/mol. The Bertz CT molecular complexity index is 750. The summed E-state index contributed by atoms with van der Waals surface area (Å²) in [5, 5.41) is 4.85. The maximum absolute atomic E-state index is 6.60. The number of benzene rings is 2. The fourth-order valence-corrected chi connectivity index (χ4v) is 2.80. The van der Waals surface area contributed by atoms with Gasteiger partial charge in [-0.3, -0.25) is 0 Å². The van der Waals surface area contributed by atoms with Crippen molar-refractivity contribution >= 4 is 23.2 Å². The number of alkyl halides is 1. The third-order valence-corrected chi connectivity index (χ3v) is 4.40. The number of para-hydroxylation sites is 1. The predicted octanol–water partition coefficient (Wildman–Crippen LogP) is 5.16. The van der Waals surface area contributed by atoms with Crippen LogP contribution in [0.3, 0.4) is 0 Å². The summed E-state index contributed by atoms with van der Waals surface area (Å²) in [6.45, 7) is 1.98. The second-order valence-electron chi connectivity index (χ2n) is 4.87. The van der Waals surface area contributed by atoms with Gasteiger partial charge in [-0.25, -0.2) is 4.68 Å². The molecule has 0 bridgehead atoms. The summed E-state index contributed by atoms with van der Waals surface area (Å²) in [5.41, 5.74) is 3.98. The van der Waals surface area contributed by atoms with E-state index in [0.29, 0.717) is 0 Å². The molecule has 3 aromatic rings. The van der Waals surface area contributed by atoms with Gasteiger partial charge < -0.3 is 0 Å². The maximum Gasteiger partial charge on any atom is 0.0869 e. The topological polar surface area (TPSA) is 17.8 Å². The summed E-state index contributed by atoms with van der Waals surface area (Å²) in [6.07, 6.45) is 3.75. The molecule has 21 heavy (non-hydrogen) atoms. The van der Waals surface area contributed by atoms with E-state index < -0.39 is 0 Å². The van der Waals surface area contributed by atoms with Crippen molar-refractivity contribution in [2.24, 2.45) is 0 Å². The molecule has 0 saturated carbocycles. The Morgan fingerprint density at radius 1 is 1.05 bits per heavy atom. The first kappa shape index (κ1) is 14.2. The van der Waals surface area contributed by atoms with E-state index in [1.807, 2.05) is 66.3 Å². The Morgan fingerprint density at radius 3 is 2.57 bits per heavy atom. The predicted molar refractivity (Wildman–Crippen MR) is 87.4 cm³/mol. The van der Waals surface area contributed by atoms with Crippen molar-refractivity contribution in [1.29, 1.82) is 0 Å². The number of hydrogen-bond donors (Lipinski definition) is 0. The zero-order chi connectivity index (χ0) is 14.8. The quantitative estimate of drug-likeness (QED) is 0.610. The molecule has 0 amide bonds. The molecule has 0 aliphatic rings. The highest BCUT2D eigenvalue weighted by Gasteiger charge is 2.16. The van der Waals surface area contributed by atoms with Gasteiger partial charge in [0.2, 0.25) is 0 Å². The molecule has 0 spiro atoms. The average Bonchev–Trinajstić information content (AvgIpc) is 3.00. The lowest BCUT2D eigenvalue weighted by Crippen LogP contribution is -1.96. The second-order valence-corrected chi connectivity index (χ2v) is 5.71. The molecule has 1 unspecified atom stereocenters. The van der Waals surface area contributed by atoms with Crippen LogP contribution in [0.4, 0.5) is 0 Å².